The number of rotatable bonds is 8. The van der Waals surface area contributed by atoms with Crippen molar-refractivity contribution >= 4 is 11.9 Å². The number of nitrogens with zero attached hydrogens (tertiary/aromatic N) is 1. The van der Waals surface area contributed by atoms with E-state index in [1.165, 1.54) is 26.4 Å². The molecule has 0 bridgehead atoms. The maximum Gasteiger partial charge on any atom is 0.330 e. The minimum Gasteiger partial charge on any atom is -0.466 e. The molecule has 0 saturated carbocycles. The van der Waals surface area contributed by atoms with E-state index in [0.29, 0.717) is 19.6 Å². The molecule has 1 aromatic rings. The van der Waals surface area contributed by atoms with Gasteiger partial charge in [-0.25, -0.2) is 9.59 Å². The number of esters is 2. The molecule has 0 atom stereocenters. The maximum atomic E-state index is 11.1. The molecule has 0 radical (unpaired) electrons. The zero-order chi connectivity index (χ0) is 16.2. The van der Waals surface area contributed by atoms with Crippen molar-refractivity contribution in [3.05, 3.63) is 60.2 Å². The van der Waals surface area contributed by atoms with Crippen molar-refractivity contribution in [3.8, 4) is 0 Å². The van der Waals surface area contributed by atoms with Crippen molar-refractivity contribution < 1.29 is 19.1 Å². The predicted octanol–water partition coefficient (Wildman–Crippen LogP) is 1.95. The lowest BCUT2D eigenvalue weighted by molar-refractivity contribution is -0.135. The van der Waals surface area contributed by atoms with Crippen molar-refractivity contribution in [2.45, 2.75) is 6.54 Å². The topological polar surface area (TPSA) is 55.8 Å². The smallest absolute Gasteiger partial charge is 0.330 e. The molecule has 0 spiro atoms. The SMILES string of the molecule is COC(=O)/C=C/CN(C/C=C/C(=O)OC)Cc1ccccc1. The van der Waals surface area contributed by atoms with Crippen LogP contribution in [0.3, 0.4) is 0 Å². The van der Waals surface area contributed by atoms with Crippen LogP contribution in [0.5, 0.6) is 0 Å². The zero-order valence-corrected chi connectivity index (χ0v) is 12.9. The van der Waals surface area contributed by atoms with Crippen LogP contribution in [0.2, 0.25) is 0 Å². The van der Waals surface area contributed by atoms with E-state index in [-0.39, 0.29) is 11.9 Å². The number of benzene rings is 1. The monoisotopic (exact) mass is 303 g/mol. The lowest BCUT2D eigenvalue weighted by Gasteiger charge is -2.18. The highest BCUT2D eigenvalue weighted by Crippen LogP contribution is 2.04. The van der Waals surface area contributed by atoms with Gasteiger partial charge in [0.05, 0.1) is 14.2 Å². The molecular formula is C17H21NO4. The molecule has 5 heteroatoms. The van der Waals surface area contributed by atoms with Crippen LogP contribution in [0.1, 0.15) is 5.56 Å². The third kappa shape index (κ3) is 7.40. The Balaban J connectivity index is 2.63. The van der Waals surface area contributed by atoms with Crippen LogP contribution < -0.4 is 0 Å². The fraction of sp³-hybridized carbons (Fsp3) is 0.294. The summed E-state index contributed by atoms with van der Waals surface area (Å²) >= 11 is 0. The molecule has 0 N–H and O–H groups in total. The fourth-order valence-electron chi connectivity index (χ4n) is 1.78. The second kappa shape index (κ2) is 10.3. The van der Waals surface area contributed by atoms with Gasteiger partial charge in [0.1, 0.15) is 0 Å². The molecule has 22 heavy (non-hydrogen) atoms. The lowest BCUT2D eigenvalue weighted by atomic mass is 10.2. The summed E-state index contributed by atoms with van der Waals surface area (Å²) < 4.78 is 9.12. The van der Waals surface area contributed by atoms with E-state index in [1.54, 1.807) is 12.2 Å². The van der Waals surface area contributed by atoms with Crippen molar-refractivity contribution in [1.29, 1.82) is 0 Å². The van der Waals surface area contributed by atoms with E-state index in [4.69, 9.17) is 0 Å². The van der Waals surface area contributed by atoms with Gasteiger partial charge >= 0.3 is 11.9 Å². The summed E-state index contributed by atoms with van der Waals surface area (Å²) in [5.74, 6) is -0.769. The number of ether oxygens (including phenoxy) is 2. The first-order valence-electron chi connectivity index (χ1n) is 6.91. The van der Waals surface area contributed by atoms with Gasteiger partial charge in [0, 0.05) is 31.8 Å². The third-order valence-electron chi connectivity index (χ3n) is 2.89. The summed E-state index contributed by atoms with van der Waals surface area (Å²) in [7, 11) is 2.68. The van der Waals surface area contributed by atoms with Crippen molar-refractivity contribution in [1.82, 2.24) is 4.90 Å². The molecule has 118 valence electrons. The van der Waals surface area contributed by atoms with Crippen molar-refractivity contribution in [3.63, 3.8) is 0 Å². The molecule has 0 unspecified atom stereocenters. The quantitative estimate of drug-likeness (QED) is 0.543. The molecule has 0 saturated heterocycles. The van der Waals surface area contributed by atoms with Crippen LogP contribution in [-0.4, -0.2) is 44.1 Å². The highest BCUT2D eigenvalue weighted by atomic mass is 16.5. The Labute approximate surface area is 130 Å². The van der Waals surface area contributed by atoms with Crippen LogP contribution in [0, 0.1) is 0 Å². The summed E-state index contributed by atoms with van der Waals surface area (Å²) in [4.78, 5) is 24.3. The molecule has 0 amide bonds. The Morgan fingerprint density at radius 2 is 1.45 bits per heavy atom. The molecule has 1 aromatic carbocycles. The number of hydrogen-bond acceptors (Lipinski definition) is 5. The van der Waals surface area contributed by atoms with Gasteiger partial charge in [0.25, 0.3) is 0 Å². The molecule has 0 aromatic heterocycles. The van der Waals surface area contributed by atoms with E-state index in [0.717, 1.165) is 5.56 Å². The Bertz CT molecular complexity index is 495. The Morgan fingerprint density at radius 3 is 1.91 bits per heavy atom. The van der Waals surface area contributed by atoms with Gasteiger partial charge < -0.3 is 9.47 Å². The molecule has 1 rings (SSSR count). The number of methoxy groups -OCH3 is 2. The van der Waals surface area contributed by atoms with Crippen molar-refractivity contribution in [2.75, 3.05) is 27.3 Å². The summed E-state index contributed by atoms with van der Waals surface area (Å²) in [6, 6.07) is 9.97. The zero-order valence-electron chi connectivity index (χ0n) is 12.9. The lowest BCUT2D eigenvalue weighted by Crippen LogP contribution is -2.23. The first kappa shape index (κ1) is 17.7. The standard InChI is InChI=1S/C17H21NO4/c1-21-16(19)10-6-12-18(13-7-11-17(20)22-2)14-15-8-4-3-5-9-15/h3-11H,12-14H2,1-2H3/b10-6+,11-7+. The minimum atomic E-state index is -0.384. The molecule has 0 aliphatic rings. The molecule has 0 heterocycles. The Kier molecular flexibility index (Phi) is 8.30. The van der Waals surface area contributed by atoms with Crippen molar-refractivity contribution in [2.24, 2.45) is 0 Å². The Hall–Kier alpha value is -2.40. The largest absolute Gasteiger partial charge is 0.466 e. The van der Waals surface area contributed by atoms with Crippen LogP contribution in [0.25, 0.3) is 0 Å². The van der Waals surface area contributed by atoms with Crippen LogP contribution >= 0.6 is 0 Å². The molecule has 5 nitrogen and oxygen atoms in total. The summed E-state index contributed by atoms with van der Waals surface area (Å²) in [5.41, 5.74) is 1.15. The van der Waals surface area contributed by atoms with E-state index < -0.39 is 0 Å². The van der Waals surface area contributed by atoms with Gasteiger partial charge in [-0.1, -0.05) is 42.5 Å². The van der Waals surface area contributed by atoms with Gasteiger partial charge in [-0.05, 0) is 5.56 Å². The summed E-state index contributed by atoms with van der Waals surface area (Å²) in [6.07, 6.45) is 6.26. The Morgan fingerprint density at radius 1 is 0.955 bits per heavy atom. The first-order valence-corrected chi connectivity index (χ1v) is 6.91. The van der Waals surface area contributed by atoms with E-state index in [9.17, 15) is 9.59 Å². The van der Waals surface area contributed by atoms with E-state index in [1.807, 2.05) is 30.3 Å². The van der Waals surface area contributed by atoms with Gasteiger partial charge in [-0.3, -0.25) is 4.90 Å². The molecule has 0 aliphatic carbocycles. The van der Waals surface area contributed by atoms with Gasteiger partial charge in [0.2, 0.25) is 0 Å². The van der Waals surface area contributed by atoms with Gasteiger partial charge in [-0.2, -0.15) is 0 Å². The average molecular weight is 303 g/mol. The minimum absolute atomic E-state index is 0.384. The highest BCUT2D eigenvalue weighted by molar-refractivity contribution is 5.82. The molecular weight excluding hydrogens is 282 g/mol. The average Bonchev–Trinajstić information content (AvgIpc) is 2.55. The van der Waals surface area contributed by atoms with Crippen LogP contribution in [0.4, 0.5) is 0 Å². The second-order valence-electron chi connectivity index (χ2n) is 4.53. The van der Waals surface area contributed by atoms with E-state index >= 15 is 0 Å². The number of carbonyl (C=O) groups is 2. The number of carbonyl (C=O) groups excluding carboxylic acids is 2. The first-order chi connectivity index (χ1) is 10.7. The molecule has 0 aliphatic heterocycles. The third-order valence-corrected chi connectivity index (χ3v) is 2.89. The number of hydrogen-bond donors (Lipinski definition) is 0. The van der Waals surface area contributed by atoms with Crippen LogP contribution in [0.15, 0.2) is 54.6 Å². The van der Waals surface area contributed by atoms with Gasteiger partial charge in [-0.15, -0.1) is 0 Å². The highest BCUT2D eigenvalue weighted by Gasteiger charge is 2.03. The van der Waals surface area contributed by atoms with Crippen LogP contribution in [-0.2, 0) is 25.6 Å². The van der Waals surface area contributed by atoms with Gasteiger partial charge in [0.15, 0.2) is 0 Å². The summed E-state index contributed by atoms with van der Waals surface area (Å²) in [5, 5.41) is 0. The second-order valence-corrected chi connectivity index (χ2v) is 4.53. The predicted molar refractivity (Wildman–Crippen MR) is 84.0 cm³/mol. The normalized spacial score (nSPS) is 11.2. The maximum absolute atomic E-state index is 11.1. The molecule has 0 fully saturated rings. The fourth-order valence-corrected chi connectivity index (χ4v) is 1.78. The summed E-state index contributed by atoms with van der Waals surface area (Å²) in [6.45, 7) is 1.84. The van der Waals surface area contributed by atoms with E-state index in [2.05, 4.69) is 14.4 Å².